The summed E-state index contributed by atoms with van der Waals surface area (Å²) in [6.45, 7) is 4.31. The summed E-state index contributed by atoms with van der Waals surface area (Å²) < 4.78 is 5.06. The number of fused-ring (bicyclic) bond motifs is 1. The molecule has 3 rings (SSSR count). The standard InChI is InChI=1S/C25H26N2O3/c1-3-5-6-9-18-12-14-19(15-13-18)17-27-23(22(16-26)25(29)30-4-2)20-10-7-8-11-21(20)24(27)28/h7-8,10-15H,3-6,9,17H2,1-2H3/b23-22-. The van der Waals surface area contributed by atoms with E-state index >= 15 is 0 Å². The fraction of sp³-hybridized carbons (Fsp3) is 0.320. The maximum Gasteiger partial charge on any atom is 0.351 e. The van der Waals surface area contributed by atoms with Gasteiger partial charge in [-0.15, -0.1) is 0 Å². The molecule has 0 aliphatic carbocycles. The van der Waals surface area contributed by atoms with Crippen molar-refractivity contribution in [3.8, 4) is 6.07 Å². The molecule has 1 heterocycles. The van der Waals surface area contributed by atoms with Gasteiger partial charge in [0.2, 0.25) is 0 Å². The van der Waals surface area contributed by atoms with Crippen LogP contribution in [0.15, 0.2) is 54.1 Å². The van der Waals surface area contributed by atoms with Crippen molar-refractivity contribution in [2.24, 2.45) is 0 Å². The number of ether oxygens (including phenoxy) is 1. The zero-order valence-electron chi connectivity index (χ0n) is 17.5. The van der Waals surface area contributed by atoms with Gasteiger partial charge in [0.25, 0.3) is 5.91 Å². The molecule has 0 N–H and O–H groups in total. The molecule has 30 heavy (non-hydrogen) atoms. The lowest BCUT2D eigenvalue weighted by atomic mass is 10.0. The summed E-state index contributed by atoms with van der Waals surface area (Å²) in [4.78, 5) is 27.0. The number of aryl methyl sites for hydroxylation is 1. The van der Waals surface area contributed by atoms with Gasteiger partial charge in [-0.2, -0.15) is 5.26 Å². The number of esters is 1. The van der Waals surface area contributed by atoms with E-state index < -0.39 is 5.97 Å². The molecule has 0 saturated heterocycles. The number of hydrogen-bond acceptors (Lipinski definition) is 4. The highest BCUT2D eigenvalue weighted by Crippen LogP contribution is 2.36. The van der Waals surface area contributed by atoms with Crippen molar-refractivity contribution in [3.63, 3.8) is 0 Å². The average Bonchev–Trinajstić information content (AvgIpc) is 3.03. The molecule has 5 heteroatoms. The molecule has 1 aliphatic rings. The Morgan fingerprint density at radius 3 is 2.30 bits per heavy atom. The Morgan fingerprint density at radius 1 is 1.00 bits per heavy atom. The second-order valence-corrected chi connectivity index (χ2v) is 7.27. The van der Waals surface area contributed by atoms with Gasteiger partial charge in [-0.25, -0.2) is 4.79 Å². The van der Waals surface area contributed by atoms with Crippen molar-refractivity contribution in [3.05, 3.63) is 76.4 Å². The molecule has 5 nitrogen and oxygen atoms in total. The van der Waals surface area contributed by atoms with Gasteiger partial charge in [-0.1, -0.05) is 62.2 Å². The minimum Gasteiger partial charge on any atom is -0.462 e. The minimum absolute atomic E-state index is 0.147. The van der Waals surface area contributed by atoms with Crippen molar-refractivity contribution in [1.82, 2.24) is 4.90 Å². The van der Waals surface area contributed by atoms with Gasteiger partial charge in [0.15, 0.2) is 5.57 Å². The van der Waals surface area contributed by atoms with Gasteiger partial charge < -0.3 is 9.64 Å². The number of hydrogen-bond donors (Lipinski definition) is 0. The first kappa shape index (κ1) is 21.3. The quantitative estimate of drug-likeness (QED) is 0.273. The molecule has 0 spiro atoms. The maximum atomic E-state index is 13.1. The van der Waals surface area contributed by atoms with E-state index in [1.807, 2.05) is 18.2 Å². The molecule has 0 unspecified atom stereocenters. The Labute approximate surface area is 177 Å². The Bertz CT molecular complexity index is 1000. The fourth-order valence-corrected chi connectivity index (χ4v) is 3.66. The smallest absolute Gasteiger partial charge is 0.351 e. The summed E-state index contributed by atoms with van der Waals surface area (Å²) in [5, 5.41) is 9.67. The molecule has 0 aromatic heterocycles. The minimum atomic E-state index is -0.712. The fourth-order valence-electron chi connectivity index (χ4n) is 3.66. The van der Waals surface area contributed by atoms with Crippen LogP contribution in [-0.4, -0.2) is 23.4 Å². The van der Waals surface area contributed by atoms with Gasteiger partial charge in [-0.05, 0) is 37.0 Å². The van der Waals surface area contributed by atoms with Gasteiger partial charge in [0.1, 0.15) is 6.07 Å². The second-order valence-electron chi connectivity index (χ2n) is 7.27. The van der Waals surface area contributed by atoms with Crippen LogP contribution >= 0.6 is 0 Å². The SMILES string of the molecule is CCCCCc1ccc(CN2C(=O)c3ccccc3/C2=C(\C#N)C(=O)OCC)cc1. The van der Waals surface area contributed by atoms with Crippen LogP contribution in [0.4, 0.5) is 0 Å². The first-order chi connectivity index (χ1) is 14.6. The summed E-state index contributed by atoms with van der Waals surface area (Å²) in [6, 6.07) is 17.2. The lowest BCUT2D eigenvalue weighted by Gasteiger charge is -2.20. The Kier molecular flexibility index (Phi) is 7.03. The van der Waals surface area contributed by atoms with E-state index in [-0.39, 0.29) is 24.6 Å². The van der Waals surface area contributed by atoms with Crippen molar-refractivity contribution in [1.29, 1.82) is 5.26 Å². The number of carbonyl (C=O) groups excluding carboxylic acids is 2. The van der Waals surface area contributed by atoms with Crippen LogP contribution in [0.25, 0.3) is 5.70 Å². The highest BCUT2D eigenvalue weighted by atomic mass is 16.5. The number of amides is 1. The van der Waals surface area contributed by atoms with Crippen molar-refractivity contribution in [2.75, 3.05) is 6.61 Å². The zero-order valence-corrected chi connectivity index (χ0v) is 17.5. The topological polar surface area (TPSA) is 70.4 Å². The van der Waals surface area contributed by atoms with Crippen molar-refractivity contribution < 1.29 is 14.3 Å². The van der Waals surface area contributed by atoms with E-state index in [0.29, 0.717) is 16.8 Å². The molecule has 2 aromatic carbocycles. The molecular formula is C25H26N2O3. The van der Waals surface area contributed by atoms with E-state index in [1.54, 1.807) is 31.2 Å². The van der Waals surface area contributed by atoms with E-state index in [0.717, 1.165) is 18.4 Å². The summed E-state index contributed by atoms with van der Waals surface area (Å²) in [6.07, 6.45) is 4.59. The van der Waals surface area contributed by atoms with Crippen LogP contribution in [0, 0.1) is 11.3 Å². The number of benzene rings is 2. The van der Waals surface area contributed by atoms with Crippen LogP contribution < -0.4 is 0 Å². The number of rotatable bonds is 8. The summed E-state index contributed by atoms with van der Waals surface area (Å²) in [5.41, 5.74) is 3.45. The third-order valence-electron chi connectivity index (χ3n) is 5.19. The van der Waals surface area contributed by atoms with E-state index in [4.69, 9.17) is 4.74 Å². The molecule has 1 amide bonds. The lowest BCUT2D eigenvalue weighted by molar-refractivity contribution is -0.138. The average molecular weight is 402 g/mol. The van der Waals surface area contributed by atoms with Crippen LogP contribution in [0.5, 0.6) is 0 Å². The molecule has 154 valence electrons. The molecule has 0 saturated carbocycles. The van der Waals surface area contributed by atoms with E-state index in [1.165, 1.54) is 23.3 Å². The number of unbranched alkanes of at least 4 members (excludes halogenated alkanes) is 2. The zero-order chi connectivity index (χ0) is 21.5. The van der Waals surface area contributed by atoms with Crippen LogP contribution in [0.3, 0.4) is 0 Å². The normalized spacial score (nSPS) is 14.3. The highest BCUT2D eigenvalue weighted by molar-refractivity contribution is 6.14. The predicted octanol–water partition coefficient (Wildman–Crippen LogP) is 4.87. The molecule has 0 atom stereocenters. The van der Waals surface area contributed by atoms with E-state index in [9.17, 15) is 14.9 Å². The van der Waals surface area contributed by atoms with Gasteiger partial charge in [-0.3, -0.25) is 4.79 Å². The Balaban J connectivity index is 1.93. The van der Waals surface area contributed by atoms with Crippen LogP contribution in [-0.2, 0) is 22.5 Å². The molecule has 0 bridgehead atoms. The third kappa shape index (κ3) is 4.44. The van der Waals surface area contributed by atoms with Crippen molar-refractivity contribution in [2.45, 2.75) is 46.1 Å². The van der Waals surface area contributed by atoms with Gasteiger partial charge >= 0.3 is 5.97 Å². The third-order valence-corrected chi connectivity index (χ3v) is 5.19. The molecule has 1 aliphatic heterocycles. The lowest BCUT2D eigenvalue weighted by Crippen LogP contribution is -2.25. The number of carbonyl (C=O) groups is 2. The summed E-state index contributed by atoms with van der Waals surface area (Å²) >= 11 is 0. The number of nitrogens with zero attached hydrogens (tertiary/aromatic N) is 2. The monoisotopic (exact) mass is 402 g/mol. The van der Waals surface area contributed by atoms with Gasteiger partial charge in [0, 0.05) is 11.1 Å². The largest absolute Gasteiger partial charge is 0.462 e. The molecule has 0 radical (unpaired) electrons. The number of nitriles is 1. The molecular weight excluding hydrogens is 376 g/mol. The van der Waals surface area contributed by atoms with Crippen molar-refractivity contribution >= 4 is 17.6 Å². The summed E-state index contributed by atoms with van der Waals surface area (Å²) in [5.74, 6) is -0.930. The van der Waals surface area contributed by atoms with Gasteiger partial charge in [0.05, 0.1) is 18.8 Å². The van der Waals surface area contributed by atoms with Crippen LogP contribution in [0.2, 0.25) is 0 Å². The summed E-state index contributed by atoms with van der Waals surface area (Å²) in [7, 11) is 0. The predicted molar refractivity (Wildman–Crippen MR) is 115 cm³/mol. The Morgan fingerprint density at radius 2 is 1.67 bits per heavy atom. The first-order valence-electron chi connectivity index (χ1n) is 10.4. The first-order valence-corrected chi connectivity index (χ1v) is 10.4. The molecule has 2 aromatic rings. The van der Waals surface area contributed by atoms with Crippen LogP contribution in [0.1, 0.15) is 60.2 Å². The second kappa shape index (κ2) is 9.89. The maximum absolute atomic E-state index is 13.1. The van der Waals surface area contributed by atoms with E-state index in [2.05, 4.69) is 19.1 Å². The highest BCUT2D eigenvalue weighted by Gasteiger charge is 2.36. The Hall–Kier alpha value is -3.39. The molecule has 0 fully saturated rings.